The molecule has 2 rings (SSSR count). The van der Waals surface area contributed by atoms with Crippen LogP contribution >= 0.6 is 0 Å². The van der Waals surface area contributed by atoms with Crippen LogP contribution in [0.3, 0.4) is 0 Å². The summed E-state index contributed by atoms with van der Waals surface area (Å²) in [5.41, 5.74) is 6.79. The van der Waals surface area contributed by atoms with Crippen molar-refractivity contribution in [2.75, 3.05) is 5.32 Å². The van der Waals surface area contributed by atoms with E-state index in [0.717, 1.165) is 5.56 Å². The number of nitrogens with one attached hydrogen (secondary N) is 1. The van der Waals surface area contributed by atoms with Crippen LogP contribution in [0.15, 0.2) is 36.4 Å². The molecule has 0 heterocycles. The van der Waals surface area contributed by atoms with Crippen LogP contribution in [0, 0.1) is 18.6 Å². The number of carbonyl (C=O) groups is 1. The van der Waals surface area contributed by atoms with E-state index in [-0.39, 0.29) is 23.4 Å². The molecule has 0 atom stereocenters. The van der Waals surface area contributed by atoms with Crippen LogP contribution in [-0.2, 0) is 6.54 Å². The van der Waals surface area contributed by atoms with E-state index in [1.165, 1.54) is 24.3 Å². The van der Waals surface area contributed by atoms with E-state index in [9.17, 15) is 13.6 Å². The van der Waals surface area contributed by atoms with Crippen LogP contribution in [0.1, 0.15) is 21.5 Å². The lowest BCUT2D eigenvalue weighted by molar-refractivity contribution is 0.1000. The van der Waals surface area contributed by atoms with Gasteiger partial charge in [0.1, 0.15) is 11.6 Å². The molecule has 0 unspecified atom stereocenters. The van der Waals surface area contributed by atoms with Gasteiger partial charge in [-0.1, -0.05) is 6.07 Å². The van der Waals surface area contributed by atoms with E-state index in [0.29, 0.717) is 0 Å². The van der Waals surface area contributed by atoms with Crippen molar-refractivity contribution in [1.82, 2.24) is 0 Å². The molecule has 20 heavy (non-hydrogen) atoms. The molecule has 3 nitrogen and oxygen atoms in total. The highest BCUT2D eigenvalue weighted by molar-refractivity contribution is 5.92. The Morgan fingerprint density at radius 2 is 1.85 bits per heavy atom. The maximum absolute atomic E-state index is 13.6. The van der Waals surface area contributed by atoms with Gasteiger partial charge in [0, 0.05) is 17.7 Å². The van der Waals surface area contributed by atoms with Gasteiger partial charge in [-0.05, 0) is 42.8 Å². The number of benzene rings is 2. The molecular weight excluding hydrogens is 262 g/mol. The first-order valence-corrected chi connectivity index (χ1v) is 6.05. The van der Waals surface area contributed by atoms with Crippen LogP contribution in [-0.4, -0.2) is 5.91 Å². The van der Waals surface area contributed by atoms with Crippen molar-refractivity contribution in [2.45, 2.75) is 13.5 Å². The van der Waals surface area contributed by atoms with Gasteiger partial charge in [-0.25, -0.2) is 8.78 Å². The van der Waals surface area contributed by atoms with Gasteiger partial charge in [-0.2, -0.15) is 0 Å². The molecule has 104 valence electrons. The maximum Gasteiger partial charge on any atom is 0.248 e. The van der Waals surface area contributed by atoms with Gasteiger partial charge in [0.2, 0.25) is 5.91 Å². The number of nitrogens with two attached hydrogens (primary N) is 1. The Morgan fingerprint density at radius 1 is 1.15 bits per heavy atom. The number of hydrogen-bond acceptors (Lipinski definition) is 2. The van der Waals surface area contributed by atoms with Crippen molar-refractivity contribution in [3.63, 3.8) is 0 Å². The highest BCUT2D eigenvalue weighted by atomic mass is 19.1. The fourth-order valence-electron chi connectivity index (χ4n) is 1.83. The molecule has 0 aliphatic rings. The van der Waals surface area contributed by atoms with Gasteiger partial charge in [-0.3, -0.25) is 4.79 Å². The van der Waals surface area contributed by atoms with Crippen LogP contribution in [0.4, 0.5) is 14.5 Å². The zero-order chi connectivity index (χ0) is 14.7. The summed E-state index contributed by atoms with van der Waals surface area (Å²) in [6.07, 6.45) is 0. The van der Waals surface area contributed by atoms with Crippen LogP contribution in [0.2, 0.25) is 0 Å². The van der Waals surface area contributed by atoms with E-state index in [4.69, 9.17) is 5.73 Å². The zero-order valence-corrected chi connectivity index (χ0v) is 10.9. The summed E-state index contributed by atoms with van der Waals surface area (Å²) in [6.45, 7) is 1.90. The molecule has 1 amide bonds. The van der Waals surface area contributed by atoms with Crippen LogP contribution in [0.5, 0.6) is 0 Å². The lowest BCUT2D eigenvalue weighted by Gasteiger charge is -2.10. The van der Waals surface area contributed by atoms with E-state index in [2.05, 4.69) is 5.32 Å². The van der Waals surface area contributed by atoms with Gasteiger partial charge in [0.25, 0.3) is 0 Å². The smallest absolute Gasteiger partial charge is 0.248 e. The standard InChI is InChI=1S/C15H14F2N2O/c1-9-2-4-13(17)14(6-9)19-8-11-7-10(15(18)20)3-5-12(11)16/h2-7,19H,8H2,1H3,(H2,18,20). The Hall–Kier alpha value is -2.43. The molecule has 0 aliphatic heterocycles. The average molecular weight is 276 g/mol. The monoisotopic (exact) mass is 276 g/mol. The largest absolute Gasteiger partial charge is 0.378 e. The minimum Gasteiger partial charge on any atom is -0.378 e. The summed E-state index contributed by atoms with van der Waals surface area (Å²) in [7, 11) is 0. The number of hydrogen-bond donors (Lipinski definition) is 2. The predicted octanol–water partition coefficient (Wildman–Crippen LogP) is 2.98. The number of primary amides is 1. The average Bonchev–Trinajstić information content (AvgIpc) is 2.41. The molecular formula is C15H14F2N2O. The number of amides is 1. The number of rotatable bonds is 4. The topological polar surface area (TPSA) is 55.1 Å². The summed E-state index contributed by atoms with van der Waals surface area (Å²) in [5, 5.41) is 2.81. The number of aryl methyl sites for hydroxylation is 1. The van der Waals surface area contributed by atoms with Crippen molar-refractivity contribution >= 4 is 11.6 Å². The molecule has 2 aromatic rings. The SMILES string of the molecule is Cc1ccc(F)c(NCc2cc(C(N)=O)ccc2F)c1. The predicted molar refractivity (Wildman–Crippen MR) is 73.4 cm³/mol. The van der Waals surface area contributed by atoms with Crippen molar-refractivity contribution in [3.05, 3.63) is 64.7 Å². The molecule has 0 bridgehead atoms. The summed E-state index contributed by atoms with van der Waals surface area (Å²) in [6, 6.07) is 8.46. The van der Waals surface area contributed by atoms with Gasteiger partial charge in [-0.15, -0.1) is 0 Å². The third-order valence-corrected chi connectivity index (χ3v) is 2.92. The number of halogens is 2. The first kappa shape index (κ1) is 14.0. The summed E-state index contributed by atoms with van der Waals surface area (Å²) >= 11 is 0. The fraction of sp³-hybridized carbons (Fsp3) is 0.133. The molecule has 0 saturated heterocycles. The molecule has 0 aromatic heterocycles. The van der Waals surface area contributed by atoms with Crippen molar-refractivity contribution in [2.24, 2.45) is 5.73 Å². The van der Waals surface area contributed by atoms with E-state index < -0.39 is 17.5 Å². The normalized spacial score (nSPS) is 10.3. The maximum atomic E-state index is 13.6. The quantitative estimate of drug-likeness (QED) is 0.902. The highest BCUT2D eigenvalue weighted by Gasteiger charge is 2.08. The Labute approximate surface area is 115 Å². The summed E-state index contributed by atoms with van der Waals surface area (Å²) in [5.74, 6) is -1.52. The van der Waals surface area contributed by atoms with E-state index >= 15 is 0 Å². The van der Waals surface area contributed by atoms with Crippen molar-refractivity contribution in [3.8, 4) is 0 Å². The Morgan fingerprint density at radius 3 is 2.55 bits per heavy atom. The lowest BCUT2D eigenvalue weighted by atomic mass is 10.1. The summed E-state index contributed by atoms with van der Waals surface area (Å²) < 4.78 is 27.2. The molecule has 0 fully saturated rings. The minimum atomic E-state index is -0.631. The lowest BCUT2D eigenvalue weighted by Crippen LogP contribution is -2.12. The molecule has 0 spiro atoms. The second-order valence-electron chi connectivity index (χ2n) is 4.51. The second kappa shape index (κ2) is 5.69. The number of anilines is 1. The third-order valence-electron chi connectivity index (χ3n) is 2.92. The minimum absolute atomic E-state index is 0.0628. The fourth-order valence-corrected chi connectivity index (χ4v) is 1.83. The van der Waals surface area contributed by atoms with Gasteiger partial charge in [0.05, 0.1) is 5.69 Å². The Kier molecular flexibility index (Phi) is 3.98. The third kappa shape index (κ3) is 3.12. The molecule has 0 saturated carbocycles. The highest BCUT2D eigenvalue weighted by Crippen LogP contribution is 2.18. The van der Waals surface area contributed by atoms with Gasteiger partial charge >= 0.3 is 0 Å². The van der Waals surface area contributed by atoms with E-state index in [1.807, 2.05) is 6.92 Å². The molecule has 5 heteroatoms. The van der Waals surface area contributed by atoms with Gasteiger partial charge < -0.3 is 11.1 Å². The van der Waals surface area contributed by atoms with Gasteiger partial charge in [0.15, 0.2) is 0 Å². The van der Waals surface area contributed by atoms with E-state index in [1.54, 1.807) is 12.1 Å². The van der Waals surface area contributed by atoms with Crippen LogP contribution in [0.25, 0.3) is 0 Å². The first-order chi connectivity index (χ1) is 9.47. The molecule has 0 radical (unpaired) electrons. The molecule has 3 N–H and O–H groups in total. The first-order valence-electron chi connectivity index (χ1n) is 6.05. The second-order valence-corrected chi connectivity index (χ2v) is 4.51. The van der Waals surface area contributed by atoms with Crippen molar-refractivity contribution in [1.29, 1.82) is 0 Å². The molecule has 2 aromatic carbocycles. The van der Waals surface area contributed by atoms with Crippen molar-refractivity contribution < 1.29 is 13.6 Å². The van der Waals surface area contributed by atoms with Crippen LogP contribution < -0.4 is 11.1 Å². The molecule has 0 aliphatic carbocycles. The number of carbonyl (C=O) groups excluding carboxylic acids is 1. The Balaban J connectivity index is 2.20. The Bertz CT molecular complexity index is 656. The summed E-state index contributed by atoms with van der Waals surface area (Å²) in [4.78, 5) is 11.1. The zero-order valence-electron chi connectivity index (χ0n) is 10.9.